The monoisotopic (exact) mass is 233 g/mol. The summed E-state index contributed by atoms with van der Waals surface area (Å²) in [5.41, 5.74) is 1.78. The van der Waals surface area contributed by atoms with Crippen LogP contribution in [0.1, 0.15) is 19.0 Å². The number of halogens is 1. The second kappa shape index (κ2) is 5.59. The third kappa shape index (κ3) is 3.14. The van der Waals surface area contributed by atoms with E-state index in [-0.39, 0.29) is 5.82 Å². The van der Waals surface area contributed by atoms with E-state index in [1.165, 1.54) is 12.1 Å². The van der Waals surface area contributed by atoms with Crippen LogP contribution >= 0.6 is 0 Å². The van der Waals surface area contributed by atoms with Gasteiger partial charge in [-0.2, -0.15) is 0 Å². The molecule has 0 radical (unpaired) electrons. The summed E-state index contributed by atoms with van der Waals surface area (Å²) >= 11 is 0. The molecule has 0 bridgehead atoms. The van der Waals surface area contributed by atoms with E-state index in [1.54, 1.807) is 12.3 Å². The van der Waals surface area contributed by atoms with Crippen molar-refractivity contribution in [2.75, 3.05) is 6.54 Å². The minimum absolute atomic E-state index is 0.246. The number of hydrogen-bond donors (Lipinski definition) is 2. The molecule has 0 aliphatic rings. The highest BCUT2D eigenvalue weighted by molar-refractivity contribution is 5.54. The van der Waals surface area contributed by atoms with E-state index in [9.17, 15) is 4.39 Å². The van der Waals surface area contributed by atoms with Crippen LogP contribution in [0.25, 0.3) is 11.4 Å². The maximum absolute atomic E-state index is 13.1. The lowest BCUT2D eigenvalue weighted by molar-refractivity contribution is 0.628. The predicted molar refractivity (Wildman–Crippen MR) is 66.0 cm³/mol. The third-order valence-electron chi connectivity index (χ3n) is 2.47. The van der Waals surface area contributed by atoms with Gasteiger partial charge in [-0.1, -0.05) is 19.1 Å². The van der Waals surface area contributed by atoms with E-state index in [4.69, 9.17) is 0 Å². The fraction of sp³-hybridized carbons (Fsp3) is 0.308. The molecule has 90 valence electrons. The molecule has 0 aliphatic carbocycles. The Morgan fingerprint density at radius 2 is 2.29 bits per heavy atom. The van der Waals surface area contributed by atoms with Gasteiger partial charge in [0.2, 0.25) is 0 Å². The lowest BCUT2D eigenvalue weighted by atomic mass is 10.2. The molecule has 1 aromatic carbocycles. The molecule has 17 heavy (non-hydrogen) atoms. The number of imidazole rings is 1. The fourth-order valence-electron chi connectivity index (χ4n) is 1.63. The maximum atomic E-state index is 13.1. The Labute approximate surface area is 100 Å². The molecule has 2 rings (SSSR count). The van der Waals surface area contributed by atoms with Gasteiger partial charge in [-0.3, -0.25) is 0 Å². The molecule has 0 atom stereocenters. The number of aromatic amines is 1. The number of nitrogens with one attached hydrogen (secondary N) is 2. The van der Waals surface area contributed by atoms with Crippen LogP contribution in [-0.4, -0.2) is 16.5 Å². The zero-order valence-electron chi connectivity index (χ0n) is 9.83. The van der Waals surface area contributed by atoms with Crippen LogP contribution in [0.4, 0.5) is 4.39 Å². The molecule has 0 amide bonds. The molecular formula is C13H16FN3. The summed E-state index contributed by atoms with van der Waals surface area (Å²) < 4.78 is 13.1. The number of H-pyrrole nitrogens is 1. The smallest absolute Gasteiger partial charge is 0.137 e. The van der Waals surface area contributed by atoms with Gasteiger partial charge in [0.25, 0.3) is 0 Å². The minimum atomic E-state index is -0.246. The van der Waals surface area contributed by atoms with E-state index in [2.05, 4.69) is 22.2 Å². The van der Waals surface area contributed by atoms with Gasteiger partial charge in [0, 0.05) is 24.0 Å². The van der Waals surface area contributed by atoms with Crippen molar-refractivity contribution in [2.24, 2.45) is 0 Å². The van der Waals surface area contributed by atoms with Gasteiger partial charge in [0.15, 0.2) is 0 Å². The van der Waals surface area contributed by atoms with Crippen LogP contribution < -0.4 is 5.32 Å². The summed E-state index contributed by atoms with van der Waals surface area (Å²) in [4.78, 5) is 7.42. The third-order valence-corrected chi connectivity index (χ3v) is 2.47. The Morgan fingerprint density at radius 1 is 1.41 bits per heavy atom. The van der Waals surface area contributed by atoms with Crippen LogP contribution in [0.3, 0.4) is 0 Å². The molecule has 0 aliphatic heterocycles. The average Bonchev–Trinajstić information content (AvgIpc) is 2.78. The lowest BCUT2D eigenvalue weighted by Gasteiger charge is -1.99. The van der Waals surface area contributed by atoms with Crippen LogP contribution in [0.15, 0.2) is 30.5 Å². The highest BCUT2D eigenvalue weighted by atomic mass is 19.1. The molecule has 1 aromatic heterocycles. The molecule has 0 unspecified atom stereocenters. The summed E-state index contributed by atoms with van der Waals surface area (Å²) in [5.74, 6) is 0.461. The average molecular weight is 233 g/mol. The summed E-state index contributed by atoms with van der Waals surface area (Å²) in [6.07, 6.45) is 2.88. The Hall–Kier alpha value is -1.68. The van der Waals surface area contributed by atoms with E-state index in [0.29, 0.717) is 5.82 Å². The molecule has 0 fully saturated rings. The molecule has 3 nitrogen and oxygen atoms in total. The molecular weight excluding hydrogens is 217 g/mol. The van der Waals surface area contributed by atoms with Crippen LogP contribution in [0, 0.1) is 5.82 Å². The van der Waals surface area contributed by atoms with Crippen molar-refractivity contribution >= 4 is 0 Å². The van der Waals surface area contributed by atoms with Crippen LogP contribution in [0.5, 0.6) is 0 Å². The summed E-state index contributed by atoms with van der Waals surface area (Å²) in [7, 11) is 0. The van der Waals surface area contributed by atoms with Gasteiger partial charge in [-0.25, -0.2) is 9.37 Å². The maximum Gasteiger partial charge on any atom is 0.137 e. The van der Waals surface area contributed by atoms with Gasteiger partial charge >= 0.3 is 0 Å². The Balaban J connectivity index is 2.07. The predicted octanol–water partition coefficient (Wildman–Crippen LogP) is 2.72. The van der Waals surface area contributed by atoms with Crippen molar-refractivity contribution in [3.63, 3.8) is 0 Å². The number of benzene rings is 1. The summed E-state index contributed by atoms with van der Waals surface area (Å²) in [6.45, 7) is 3.86. The minimum Gasteiger partial charge on any atom is -0.341 e. The van der Waals surface area contributed by atoms with E-state index < -0.39 is 0 Å². The molecule has 1 heterocycles. The Bertz CT molecular complexity index is 479. The topological polar surface area (TPSA) is 40.7 Å². The van der Waals surface area contributed by atoms with Crippen molar-refractivity contribution in [3.05, 3.63) is 42.0 Å². The van der Waals surface area contributed by atoms with Crippen molar-refractivity contribution in [1.82, 2.24) is 15.3 Å². The molecule has 4 heteroatoms. The number of nitrogens with zero attached hydrogens (tertiary/aromatic N) is 1. The van der Waals surface area contributed by atoms with Crippen molar-refractivity contribution in [3.8, 4) is 11.4 Å². The zero-order valence-corrected chi connectivity index (χ0v) is 9.83. The first-order chi connectivity index (χ1) is 8.29. The highest BCUT2D eigenvalue weighted by Gasteiger charge is 2.03. The van der Waals surface area contributed by atoms with E-state index in [1.807, 2.05) is 6.07 Å². The fourth-order valence-corrected chi connectivity index (χ4v) is 1.63. The first-order valence-electron chi connectivity index (χ1n) is 5.80. The largest absolute Gasteiger partial charge is 0.341 e. The van der Waals surface area contributed by atoms with Gasteiger partial charge < -0.3 is 10.3 Å². The molecule has 0 saturated heterocycles. The first kappa shape index (κ1) is 11.8. The number of rotatable bonds is 5. The van der Waals surface area contributed by atoms with Gasteiger partial charge in [-0.05, 0) is 25.1 Å². The number of hydrogen-bond acceptors (Lipinski definition) is 2. The first-order valence-corrected chi connectivity index (χ1v) is 5.80. The zero-order chi connectivity index (χ0) is 12.1. The van der Waals surface area contributed by atoms with Gasteiger partial charge in [-0.15, -0.1) is 0 Å². The van der Waals surface area contributed by atoms with Gasteiger partial charge in [0.1, 0.15) is 11.6 Å². The molecule has 0 spiro atoms. The summed E-state index contributed by atoms with van der Waals surface area (Å²) in [5, 5.41) is 3.28. The van der Waals surface area contributed by atoms with E-state index >= 15 is 0 Å². The van der Waals surface area contributed by atoms with E-state index in [0.717, 1.165) is 30.8 Å². The lowest BCUT2D eigenvalue weighted by Crippen LogP contribution is -2.13. The van der Waals surface area contributed by atoms with Gasteiger partial charge in [0.05, 0.1) is 0 Å². The van der Waals surface area contributed by atoms with Crippen molar-refractivity contribution < 1.29 is 4.39 Å². The number of aromatic nitrogens is 2. The van der Waals surface area contributed by atoms with Crippen molar-refractivity contribution in [1.29, 1.82) is 0 Å². The summed E-state index contributed by atoms with van der Waals surface area (Å²) in [6, 6.07) is 6.42. The molecule has 2 N–H and O–H groups in total. The Kier molecular flexibility index (Phi) is 3.88. The SMILES string of the molecule is CCCNCc1cnc(-c2cccc(F)c2)[nH]1. The Morgan fingerprint density at radius 3 is 3.06 bits per heavy atom. The standard InChI is InChI=1S/C13H16FN3/c1-2-6-15-8-12-9-16-13(17-12)10-4-3-5-11(14)7-10/h3-5,7,9,15H,2,6,8H2,1H3,(H,16,17). The second-order valence-corrected chi connectivity index (χ2v) is 3.94. The second-order valence-electron chi connectivity index (χ2n) is 3.94. The van der Waals surface area contributed by atoms with Crippen LogP contribution in [0.2, 0.25) is 0 Å². The van der Waals surface area contributed by atoms with Crippen molar-refractivity contribution in [2.45, 2.75) is 19.9 Å². The highest BCUT2D eigenvalue weighted by Crippen LogP contribution is 2.16. The molecule has 2 aromatic rings. The molecule has 0 saturated carbocycles. The normalized spacial score (nSPS) is 10.7. The van der Waals surface area contributed by atoms with Crippen LogP contribution in [-0.2, 0) is 6.54 Å². The quantitative estimate of drug-likeness (QED) is 0.779.